The van der Waals surface area contributed by atoms with Crippen LogP contribution < -0.4 is 0 Å². The summed E-state index contributed by atoms with van der Waals surface area (Å²) in [6.07, 6.45) is 0. The lowest BCUT2D eigenvalue weighted by atomic mass is 10.3. The van der Waals surface area contributed by atoms with Crippen LogP contribution in [0.1, 0.15) is 0 Å². The van der Waals surface area contributed by atoms with Gasteiger partial charge in [-0.2, -0.15) is 0 Å². The molecule has 2 heteroatoms. The van der Waals surface area contributed by atoms with Crippen molar-refractivity contribution in [2.24, 2.45) is 0 Å². The van der Waals surface area contributed by atoms with Gasteiger partial charge in [-0.25, -0.2) is 0 Å². The third-order valence-corrected chi connectivity index (χ3v) is 1.27. The molecule has 0 spiro atoms. The second-order valence-electron chi connectivity index (χ2n) is 2.20. The number of carbonyl (C=O) groups excluding carboxylic acids is 1. The first-order valence-corrected chi connectivity index (χ1v) is 2.59. The Morgan fingerprint density at radius 2 is 2.25 bits per heavy atom. The summed E-state index contributed by atoms with van der Waals surface area (Å²) in [5, 5.41) is 0. The van der Waals surface area contributed by atoms with Crippen molar-refractivity contribution in [3.05, 3.63) is 12.2 Å². The Morgan fingerprint density at radius 1 is 1.62 bits per heavy atom. The van der Waals surface area contributed by atoms with Gasteiger partial charge in [0.15, 0.2) is 5.78 Å². The van der Waals surface area contributed by atoms with Crippen LogP contribution in [0.5, 0.6) is 0 Å². The van der Waals surface area contributed by atoms with E-state index in [-0.39, 0.29) is 5.78 Å². The number of hydrogen-bond donors (Lipinski definition) is 0. The van der Waals surface area contributed by atoms with Crippen molar-refractivity contribution >= 4 is 5.78 Å². The number of hydrogen-bond acceptors (Lipinski definition) is 2. The summed E-state index contributed by atoms with van der Waals surface area (Å²) in [7, 11) is 1.91. The molecule has 1 aliphatic heterocycles. The minimum Gasteiger partial charge on any atom is -0.294 e. The van der Waals surface area contributed by atoms with E-state index in [0.29, 0.717) is 6.54 Å². The molecule has 0 unspecified atom stereocenters. The molecule has 0 atom stereocenters. The van der Waals surface area contributed by atoms with Crippen LogP contribution in [0.15, 0.2) is 12.2 Å². The lowest BCUT2D eigenvalue weighted by Crippen LogP contribution is -2.13. The van der Waals surface area contributed by atoms with E-state index in [0.717, 1.165) is 12.1 Å². The zero-order chi connectivity index (χ0) is 6.15. The molecule has 1 saturated heterocycles. The van der Waals surface area contributed by atoms with Crippen LogP contribution in [-0.4, -0.2) is 30.8 Å². The van der Waals surface area contributed by atoms with Crippen molar-refractivity contribution < 1.29 is 4.79 Å². The molecule has 1 heterocycles. The minimum atomic E-state index is 0.188. The van der Waals surface area contributed by atoms with Gasteiger partial charge in [-0.3, -0.25) is 9.69 Å². The smallest absolute Gasteiger partial charge is 0.173 e. The van der Waals surface area contributed by atoms with E-state index in [1.165, 1.54) is 0 Å². The van der Waals surface area contributed by atoms with Gasteiger partial charge in [0, 0.05) is 12.1 Å². The third kappa shape index (κ3) is 0.793. The summed E-state index contributed by atoms with van der Waals surface area (Å²) in [6.45, 7) is 4.90. The van der Waals surface area contributed by atoms with Crippen LogP contribution in [0.3, 0.4) is 0 Å². The van der Waals surface area contributed by atoms with Gasteiger partial charge in [-0.05, 0) is 7.05 Å². The quantitative estimate of drug-likeness (QED) is 0.412. The molecule has 2 nitrogen and oxygen atoms in total. The Hall–Kier alpha value is -0.630. The fraction of sp³-hybridized carbons (Fsp3) is 0.500. The van der Waals surface area contributed by atoms with Gasteiger partial charge in [0.1, 0.15) is 0 Å². The molecule has 0 bridgehead atoms. The fourth-order valence-electron chi connectivity index (χ4n) is 0.827. The SMILES string of the molecule is C=C1CN(C)CC1=O. The molecule has 1 rings (SSSR count). The highest BCUT2D eigenvalue weighted by Crippen LogP contribution is 2.04. The molecular formula is C6H9NO. The van der Waals surface area contributed by atoms with Crippen molar-refractivity contribution in [1.82, 2.24) is 4.90 Å². The van der Waals surface area contributed by atoms with Gasteiger partial charge >= 0.3 is 0 Å². The second-order valence-corrected chi connectivity index (χ2v) is 2.20. The number of nitrogens with zero attached hydrogens (tertiary/aromatic N) is 1. The molecule has 0 aromatic heterocycles. The van der Waals surface area contributed by atoms with Crippen molar-refractivity contribution in [2.45, 2.75) is 0 Å². The first kappa shape index (κ1) is 5.51. The summed E-state index contributed by atoms with van der Waals surface area (Å²) in [5.74, 6) is 0.188. The lowest BCUT2D eigenvalue weighted by molar-refractivity contribution is -0.114. The standard InChI is InChI=1S/C6H9NO/c1-5-3-7(2)4-6(5)8/h1,3-4H2,2H3. The van der Waals surface area contributed by atoms with E-state index in [9.17, 15) is 4.79 Å². The summed E-state index contributed by atoms with van der Waals surface area (Å²) >= 11 is 0. The van der Waals surface area contributed by atoms with Crippen LogP contribution >= 0.6 is 0 Å². The number of ketones is 1. The molecule has 0 N–H and O–H groups in total. The van der Waals surface area contributed by atoms with Crippen LogP contribution in [0.4, 0.5) is 0 Å². The lowest BCUT2D eigenvalue weighted by Gasteiger charge is -1.99. The molecule has 0 amide bonds. The predicted molar refractivity (Wildman–Crippen MR) is 31.6 cm³/mol. The number of likely N-dealkylation sites (N-methyl/N-ethyl adjacent to an activating group) is 1. The van der Waals surface area contributed by atoms with Crippen LogP contribution in [0.2, 0.25) is 0 Å². The Kier molecular flexibility index (Phi) is 1.18. The fourth-order valence-corrected chi connectivity index (χ4v) is 0.827. The molecule has 0 aliphatic carbocycles. The Balaban J connectivity index is 2.64. The van der Waals surface area contributed by atoms with Crippen LogP contribution in [-0.2, 0) is 4.79 Å². The highest BCUT2D eigenvalue weighted by Gasteiger charge is 2.18. The van der Waals surface area contributed by atoms with Crippen LogP contribution in [0.25, 0.3) is 0 Å². The van der Waals surface area contributed by atoms with Crippen LogP contribution in [0, 0.1) is 0 Å². The largest absolute Gasteiger partial charge is 0.294 e. The van der Waals surface area contributed by atoms with Gasteiger partial charge in [0.05, 0.1) is 6.54 Å². The zero-order valence-electron chi connectivity index (χ0n) is 4.98. The minimum absolute atomic E-state index is 0.188. The van der Waals surface area contributed by atoms with E-state index < -0.39 is 0 Å². The van der Waals surface area contributed by atoms with Crippen molar-refractivity contribution in [2.75, 3.05) is 20.1 Å². The Bertz CT molecular complexity index is 123. The molecule has 1 fully saturated rings. The van der Waals surface area contributed by atoms with E-state index in [4.69, 9.17) is 0 Å². The van der Waals surface area contributed by atoms with Crippen molar-refractivity contribution in [1.29, 1.82) is 0 Å². The average Bonchev–Trinajstić information content (AvgIpc) is 1.85. The molecular weight excluding hydrogens is 102 g/mol. The molecule has 0 aromatic carbocycles. The maximum Gasteiger partial charge on any atom is 0.173 e. The zero-order valence-corrected chi connectivity index (χ0v) is 4.98. The number of carbonyl (C=O) groups is 1. The van der Waals surface area contributed by atoms with Gasteiger partial charge in [-0.15, -0.1) is 0 Å². The summed E-state index contributed by atoms with van der Waals surface area (Å²) < 4.78 is 0. The highest BCUT2D eigenvalue weighted by atomic mass is 16.1. The second kappa shape index (κ2) is 1.71. The number of Topliss-reactive ketones (excluding diaryl/α,β-unsaturated/α-hetero) is 1. The van der Waals surface area contributed by atoms with E-state index in [2.05, 4.69) is 6.58 Å². The third-order valence-electron chi connectivity index (χ3n) is 1.27. The number of likely N-dealkylation sites (tertiary alicyclic amines) is 1. The van der Waals surface area contributed by atoms with Gasteiger partial charge < -0.3 is 0 Å². The van der Waals surface area contributed by atoms with E-state index in [1.54, 1.807) is 0 Å². The Morgan fingerprint density at radius 3 is 2.38 bits per heavy atom. The summed E-state index contributed by atoms with van der Waals surface area (Å²) in [6, 6.07) is 0. The average molecular weight is 111 g/mol. The topological polar surface area (TPSA) is 20.3 Å². The van der Waals surface area contributed by atoms with Gasteiger partial charge in [-0.1, -0.05) is 6.58 Å². The molecule has 0 radical (unpaired) electrons. The van der Waals surface area contributed by atoms with Gasteiger partial charge in [0.2, 0.25) is 0 Å². The predicted octanol–water partition coefficient (Wildman–Crippen LogP) is 0.0571. The Labute approximate surface area is 48.8 Å². The normalized spacial score (nSPS) is 22.6. The van der Waals surface area contributed by atoms with E-state index in [1.807, 2.05) is 11.9 Å². The number of rotatable bonds is 0. The van der Waals surface area contributed by atoms with Gasteiger partial charge in [0.25, 0.3) is 0 Å². The first-order valence-electron chi connectivity index (χ1n) is 2.59. The molecule has 0 aromatic rings. The molecule has 0 saturated carbocycles. The van der Waals surface area contributed by atoms with Crippen molar-refractivity contribution in [3.63, 3.8) is 0 Å². The highest BCUT2D eigenvalue weighted by molar-refractivity contribution is 5.98. The molecule has 1 aliphatic rings. The summed E-state index contributed by atoms with van der Waals surface area (Å²) in [5.41, 5.74) is 0.743. The van der Waals surface area contributed by atoms with E-state index >= 15 is 0 Å². The molecule has 44 valence electrons. The maximum atomic E-state index is 10.6. The first-order chi connectivity index (χ1) is 3.70. The monoisotopic (exact) mass is 111 g/mol. The summed E-state index contributed by atoms with van der Waals surface area (Å²) in [4.78, 5) is 12.6. The maximum absolute atomic E-state index is 10.6. The van der Waals surface area contributed by atoms with Crippen molar-refractivity contribution in [3.8, 4) is 0 Å². The molecule has 8 heavy (non-hydrogen) atoms.